The Kier molecular flexibility index (Phi) is 5.39. The zero-order chi connectivity index (χ0) is 15.2. The summed E-state index contributed by atoms with van der Waals surface area (Å²) >= 11 is 0. The van der Waals surface area contributed by atoms with Crippen molar-refractivity contribution in [2.45, 2.75) is 32.7 Å². The Morgan fingerprint density at radius 3 is 2.43 bits per heavy atom. The summed E-state index contributed by atoms with van der Waals surface area (Å²) in [6.45, 7) is 4.68. The van der Waals surface area contributed by atoms with Crippen LogP contribution in [0.25, 0.3) is 0 Å². The summed E-state index contributed by atoms with van der Waals surface area (Å²) in [5.41, 5.74) is 1.97. The molecule has 0 bridgehead atoms. The van der Waals surface area contributed by atoms with Gasteiger partial charge < -0.3 is 5.32 Å². The van der Waals surface area contributed by atoms with Gasteiger partial charge in [0, 0.05) is 29.9 Å². The highest BCUT2D eigenvalue weighted by atomic mass is 19.1. The molecule has 21 heavy (non-hydrogen) atoms. The summed E-state index contributed by atoms with van der Waals surface area (Å²) in [4.78, 5) is 4.33. The minimum absolute atomic E-state index is 0.0910. The standard InChI is InChI=1S/C17H20F2N2/c1-3-9-20-16(10-13-8-7-12(2)11-21-13)17-14(18)5-4-6-15(17)19/h4-8,11,16,20H,3,9-10H2,1-2H3. The number of hydrogen-bond acceptors (Lipinski definition) is 2. The summed E-state index contributed by atoms with van der Waals surface area (Å²) in [7, 11) is 0. The molecule has 2 aromatic rings. The number of benzene rings is 1. The van der Waals surface area contributed by atoms with E-state index in [0.29, 0.717) is 13.0 Å². The minimum Gasteiger partial charge on any atom is -0.309 e. The first-order chi connectivity index (χ1) is 10.1. The van der Waals surface area contributed by atoms with Gasteiger partial charge in [0.15, 0.2) is 0 Å². The lowest BCUT2D eigenvalue weighted by Crippen LogP contribution is -2.26. The fourth-order valence-electron chi connectivity index (χ4n) is 2.27. The third kappa shape index (κ3) is 4.08. The highest BCUT2D eigenvalue weighted by molar-refractivity contribution is 5.25. The minimum atomic E-state index is -0.518. The van der Waals surface area contributed by atoms with Gasteiger partial charge in [-0.2, -0.15) is 0 Å². The Labute approximate surface area is 124 Å². The molecular formula is C17H20F2N2. The van der Waals surface area contributed by atoms with Crippen LogP contribution in [0.3, 0.4) is 0 Å². The molecule has 4 heteroatoms. The van der Waals surface area contributed by atoms with Crippen molar-refractivity contribution in [2.75, 3.05) is 6.54 Å². The number of aryl methyl sites for hydroxylation is 1. The van der Waals surface area contributed by atoms with Crippen molar-refractivity contribution in [2.24, 2.45) is 0 Å². The predicted octanol–water partition coefficient (Wildman–Crippen LogP) is 3.95. The smallest absolute Gasteiger partial charge is 0.130 e. The average Bonchev–Trinajstić information content (AvgIpc) is 2.46. The fourth-order valence-corrected chi connectivity index (χ4v) is 2.27. The maximum Gasteiger partial charge on any atom is 0.130 e. The van der Waals surface area contributed by atoms with E-state index in [-0.39, 0.29) is 5.56 Å². The first-order valence-electron chi connectivity index (χ1n) is 7.20. The van der Waals surface area contributed by atoms with E-state index in [1.54, 1.807) is 6.20 Å². The molecule has 2 nitrogen and oxygen atoms in total. The molecule has 0 radical (unpaired) electrons. The second-order valence-electron chi connectivity index (χ2n) is 5.17. The van der Waals surface area contributed by atoms with Crippen molar-refractivity contribution in [1.82, 2.24) is 10.3 Å². The van der Waals surface area contributed by atoms with Gasteiger partial charge in [-0.25, -0.2) is 8.78 Å². The van der Waals surface area contributed by atoms with Gasteiger partial charge in [0.05, 0.1) is 0 Å². The molecule has 0 saturated heterocycles. The van der Waals surface area contributed by atoms with Crippen molar-refractivity contribution < 1.29 is 8.78 Å². The number of pyridine rings is 1. The van der Waals surface area contributed by atoms with Crippen LogP contribution in [0.1, 0.15) is 36.2 Å². The van der Waals surface area contributed by atoms with Crippen LogP contribution in [0.15, 0.2) is 36.5 Å². The summed E-state index contributed by atoms with van der Waals surface area (Å²) < 4.78 is 28.0. The van der Waals surface area contributed by atoms with Crippen LogP contribution in [0, 0.1) is 18.6 Å². The van der Waals surface area contributed by atoms with Crippen LogP contribution >= 0.6 is 0 Å². The number of aromatic nitrogens is 1. The monoisotopic (exact) mass is 290 g/mol. The molecule has 0 fully saturated rings. The molecule has 1 aromatic heterocycles. The fraction of sp³-hybridized carbons (Fsp3) is 0.353. The summed E-state index contributed by atoms with van der Waals surface area (Å²) in [6.07, 6.45) is 3.12. The first kappa shape index (κ1) is 15.6. The Morgan fingerprint density at radius 1 is 1.14 bits per heavy atom. The van der Waals surface area contributed by atoms with Crippen molar-refractivity contribution in [1.29, 1.82) is 0 Å². The molecule has 0 aliphatic rings. The van der Waals surface area contributed by atoms with E-state index in [4.69, 9.17) is 0 Å². The average molecular weight is 290 g/mol. The largest absolute Gasteiger partial charge is 0.309 e. The van der Waals surface area contributed by atoms with E-state index in [0.717, 1.165) is 17.7 Å². The number of hydrogen-bond donors (Lipinski definition) is 1. The maximum atomic E-state index is 14.0. The third-order valence-electron chi connectivity index (χ3n) is 3.37. The lowest BCUT2D eigenvalue weighted by molar-refractivity contribution is 0.462. The van der Waals surface area contributed by atoms with Crippen LogP contribution in [0.5, 0.6) is 0 Å². The summed E-state index contributed by atoms with van der Waals surface area (Å²) in [5, 5.41) is 3.21. The van der Waals surface area contributed by atoms with Crippen LogP contribution < -0.4 is 5.32 Å². The van der Waals surface area contributed by atoms with Crippen LogP contribution in [-0.2, 0) is 6.42 Å². The van der Waals surface area contributed by atoms with Gasteiger partial charge in [0.2, 0.25) is 0 Å². The molecule has 1 unspecified atom stereocenters. The van der Waals surface area contributed by atoms with E-state index >= 15 is 0 Å². The van der Waals surface area contributed by atoms with Gasteiger partial charge in [0.1, 0.15) is 11.6 Å². The molecule has 1 aromatic carbocycles. The zero-order valence-corrected chi connectivity index (χ0v) is 12.4. The third-order valence-corrected chi connectivity index (χ3v) is 3.37. The number of nitrogens with zero attached hydrogens (tertiary/aromatic N) is 1. The highest BCUT2D eigenvalue weighted by Gasteiger charge is 2.20. The van der Waals surface area contributed by atoms with Crippen LogP contribution in [-0.4, -0.2) is 11.5 Å². The lowest BCUT2D eigenvalue weighted by Gasteiger charge is -2.20. The number of nitrogens with one attached hydrogen (secondary N) is 1. The summed E-state index contributed by atoms with van der Waals surface area (Å²) in [5.74, 6) is -1.04. The van der Waals surface area contributed by atoms with E-state index in [2.05, 4.69) is 10.3 Å². The van der Waals surface area contributed by atoms with Crippen LogP contribution in [0.4, 0.5) is 8.78 Å². The molecule has 2 rings (SSSR count). The van der Waals surface area contributed by atoms with Crippen molar-refractivity contribution >= 4 is 0 Å². The highest BCUT2D eigenvalue weighted by Crippen LogP contribution is 2.23. The molecule has 0 aliphatic heterocycles. The first-order valence-corrected chi connectivity index (χ1v) is 7.20. The Morgan fingerprint density at radius 2 is 1.86 bits per heavy atom. The van der Waals surface area contributed by atoms with Crippen molar-refractivity contribution in [3.8, 4) is 0 Å². The molecule has 112 valence electrons. The van der Waals surface area contributed by atoms with E-state index in [9.17, 15) is 8.78 Å². The molecule has 1 heterocycles. The molecule has 0 amide bonds. The molecule has 0 aliphatic carbocycles. The number of rotatable bonds is 6. The van der Waals surface area contributed by atoms with E-state index < -0.39 is 17.7 Å². The quantitative estimate of drug-likeness (QED) is 0.871. The molecule has 0 saturated carbocycles. The SMILES string of the molecule is CCCNC(Cc1ccc(C)cn1)c1c(F)cccc1F. The zero-order valence-electron chi connectivity index (χ0n) is 12.4. The Hall–Kier alpha value is -1.81. The Balaban J connectivity index is 2.27. The second kappa shape index (κ2) is 7.27. The topological polar surface area (TPSA) is 24.9 Å². The van der Waals surface area contributed by atoms with Crippen molar-refractivity contribution in [3.05, 3.63) is 65.0 Å². The number of halogens is 2. The molecular weight excluding hydrogens is 270 g/mol. The maximum absolute atomic E-state index is 14.0. The van der Waals surface area contributed by atoms with E-state index in [1.807, 2.05) is 26.0 Å². The normalized spacial score (nSPS) is 12.4. The lowest BCUT2D eigenvalue weighted by atomic mass is 10.00. The van der Waals surface area contributed by atoms with Gasteiger partial charge in [0.25, 0.3) is 0 Å². The van der Waals surface area contributed by atoms with Gasteiger partial charge >= 0.3 is 0 Å². The van der Waals surface area contributed by atoms with Gasteiger partial charge in [-0.1, -0.05) is 19.1 Å². The van der Waals surface area contributed by atoms with Gasteiger partial charge in [-0.3, -0.25) is 4.98 Å². The second-order valence-corrected chi connectivity index (χ2v) is 5.17. The summed E-state index contributed by atoms with van der Waals surface area (Å²) in [6, 6.07) is 7.41. The van der Waals surface area contributed by atoms with Crippen LogP contribution in [0.2, 0.25) is 0 Å². The van der Waals surface area contributed by atoms with Crippen molar-refractivity contribution in [3.63, 3.8) is 0 Å². The molecule has 0 spiro atoms. The Bertz CT molecular complexity index is 562. The molecule has 1 N–H and O–H groups in total. The molecule has 1 atom stereocenters. The predicted molar refractivity (Wildman–Crippen MR) is 80.1 cm³/mol. The van der Waals surface area contributed by atoms with Gasteiger partial charge in [-0.15, -0.1) is 0 Å². The van der Waals surface area contributed by atoms with Gasteiger partial charge in [-0.05, 0) is 43.7 Å². The van der Waals surface area contributed by atoms with E-state index in [1.165, 1.54) is 18.2 Å².